The fourth-order valence-corrected chi connectivity index (χ4v) is 3.23. The summed E-state index contributed by atoms with van der Waals surface area (Å²) in [5, 5.41) is 11.0. The van der Waals surface area contributed by atoms with E-state index in [9.17, 15) is 14.9 Å². The zero-order valence-electron chi connectivity index (χ0n) is 13.9. The Labute approximate surface area is 144 Å². The van der Waals surface area contributed by atoms with Crippen LogP contribution >= 0.6 is 11.8 Å². The van der Waals surface area contributed by atoms with Gasteiger partial charge in [-0.15, -0.1) is 0 Å². The van der Waals surface area contributed by atoms with Crippen molar-refractivity contribution in [2.45, 2.75) is 38.8 Å². The zero-order valence-corrected chi connectivity index (χ0v) is 14.7. The maximum Gasteiger partial charge on any atom is 0.341 e. The van der Waals surface area contributed by atoms with Crippen LogP contribution in [0, 0.1) is 10.1 Å². The Morgan fingerprint density at radius 1 is 1.42 bits per heavy atom. The van der Waals surface area contributed by atoms with E-state index in [0.717, 1.165) is 0 Å². The minimum atomic E-state index is -0.664. The number of hydrogen-bond donors (Lipinski definition) is 1. The number of nitrogens with two attached hydrogens (primary N) is 1. The van der Waals surface area contributed by atoms with Crippen LogP contribution in [0.1, 0.15) is 33.3 Å². The van der Waals surface area contributed by atoms with E-state index in [-0.39, 0.29) is 11.3 Å². The first-order chi connectivity index (χ1) is 11.1. The van der Waals surface area contributed by atoms with E-state index in [2.05, 4.69) is 4.99 Å². The highest BCUT2D eigenvalue weighted by Gasteiger charge is 2.30. The van der Waals surface area contributed by atoms with Crippen LogP contribution in [-0.2, 0) is 9.53 Å². The summed E-state index contributed by atoms with van der Waals surface area (Å²) in [6, 6.07) is 6.08. The predicted molar refractivity (Wildman–Crippen MR) is 94.5 cm³/mol. The van der Waals surface area contributed by atoms with Crippen molar-refractivity contribution < 1.29 is 14.5 Å². The summed E-state index contributed by atoms with van der Waals surface area (Å²) in [7, 11) is 0. The Morgan fingerprint density at radius 3 is 2.67 bits per heavy atom. The minimum absolute atomic E-state index is 0.0575. The van der Waals surface area contributed by atoms with Crippen LogP contribution in [-0.4, -0.2) is 27.7 Å². The van der Waals surface area contributed by atoms with Crippen LogP contribution in [0.3, 0.4) is 0 Å². The number of rotatable bonds is 3. The molecule has 0 saturated heterocycles. The molecule has 1 heterocycles. The van der Waals surface area contributed by atoms with Gasteiger partial charge >= 0.3 is 5.97 Å². The second-order valence-electron chi connectivity index (χ2n) is 6.24. The van der Waals surface area contributed by atoms with E-state index in [4.69, 9.17) is 10.5 Å². The standard InChI is InChI=1S/C16H19N3O4S/c1-9-12(14(20)23-16(2,3)4)13(24-15(17)18-9)10-6-5-7-11(8-10)19(21)22/h5-8,15H,17H2,1-4H3. The van der Waals surface area contributed by atoms with Gasteiger partial charge in [0.15, 0.2) is 0 Å². The Balaban J connectivity index is 2.56. The summed E-state index contributed by atoms with van der Waals surface area (Å²) in [5.41, 5.74) is 5.88. The lowest BCUT2D eigenvalue weighted by Crippen LogP contribution is -2.30. The van der Waals surface area contributed by atoms with Crippen LogP contribution in [0.15, 0.2) is 34.8 Å². The van der Waals surface area contributed by atoms with E-state index in [1.54, 1.807) is 39.8 Å². The van der Waals surface area contributed by atoms with E-state index >= 15 is 0 Å². The quantitative estimate of drug-likeness (QED) is 0.510. The predicted octanol–water partition coefficient (Wildman–Crippen LogP) is 3.10. The molecular formula is C16H19N3O4S. The van der Waals surface area contributed by atoms with Crippen molar-refractivity contribution in [1.82, 2.24) is 0 Å². The van der Waals surface area contributed by atoms with E-state index in [1.165, 1.54) is 23.9 Å². The van der Waals surface area contributed by atoms with Crippen molar-refractivity contribution in [2.24, 2.45) is 10.7 Å². The average Bonchev–Trinajstić information content (AvgIpc) is 2.44. The molecule has 24 heavy (non-hydrogen) atoms. The monoisotopic (exact) mass is 349 g/mol. The Morgan fingerprint density at radius 2 is 2.08 bits per heavy atom. The van der Waals surface area contributed by atoms with Gasteiger partial charge in [0.2, 0.25) is 0 Å². The van der Waals surface area contributed by atoms with E-state index in [0.29, 0.717) is 16.2 Å². The molecule has 1 atom stereocenters. The Kier molecular flexibility index (Phi) is 5.10. The maximum atomic E-state index is 12.6. The second-order valence-corrected chi connectivity index (χ2v) is 7.36. The SMILES string of the molecule is CC1=NC(N)SC(c2cccc([N+](=O)[O-])c2)=C1C(=O)OC(C)(C)C. The number of non-ortho nitro benzene ring substituents is 1. The number of esters is 1. The first-order valence-electron chi connectivity index (χ1n) is 7.28. The molecule has 0 spiro atoms. The number of ether oxygens (including phenoxy) is 1. The number of nitro groups is 1. The highest BCUT2D eigenvalue weighted by molar-refractivity contribution is 8.09. The van der Waals surface area contributed by atoms with Gasteiger partial charge in [-0.1, -0.05) is 23.9 Å². The van der Waals surface area contributed by atoms with Gasteiger partial charge in [-0.25, -0.2) is 4.79 Å². The largest absolute Gasteiger partial charge is 0.456 e. The number of hydrogen-bond acceptors (Lipinski definition) is 7. The highest BCUT2D eigenvalue weighted by atomic mass is 32.2. The smallest absolute Gasteiger partial charge is 0.341 e. The summed E-state index contributed by atoms with van der Waals surface area (Å²) in [6.07, 6.45) is 0. The van der Waals surface area contributed by atoms with Gasteiger partial charge in [-0.2, -0.15) is 0 Å². The van der Waals surface area contributed by atoms with Crippen molar-refractivity contribution in [3.8, 4) is 0 Å². The van der Waals surface area contributed by atoms with Crippen LogP contribution in [0.4, 0.5) is 5.69 Å². The number of nitro benzene ring substituents is 1. The fraction of sp³-hybridized carbons (Fsp3) is 0.375. The Hall–Kier alpha value is -2.19. The topological polar surface area (TPSA) is 108 Å². The van der Waals surface area contributed by atoms with Crippen molar-refractivity contribution >= 4 is 34.0 Å². The normalized spacial score (nSPS) is 18.2. The van der Waals surface area contributed by atoms with Gasteiger partial charge in [0.1, 0.15) is 11.1 Å². The van der Waals surface area contributed by atoms with Crippen molar-refractivity contribution in [3.63, 3.8) is 0 Å². The number of carbonyl (C=O) groups is 1. The molecular weight excluding hydrogens is 330 g/mol. The first-order valence-corrected chi connectivity index (χ1v) is 8.16. The molecule has 1 aromatic carbocycles. The molecule has 128 valence electrons. The molecule has 0 radical (unpaired) electrons. The molecule has 0 bridgehead atoms. The van der Waals surface area contributed by atoms with Crippen molar-refractivity contribution in [3.05, 3.63) is 45.5 Å². The van der Waals surface area contributed by atoms with Crippen LogP contribution in [0.2, 0.25) is 0 Å². The minimum Gasteiger partial charge on any atom is -0.456 e. The molecule has 0 fully saturated rings. The van der Waals surface area contributed by atoms with Gasteiger partial charge in [0, 0.05) is 17.0 Å². The number of nitrogens with zero attached hydrogens (tertiary/aromatic N) is 2. The number of carbonyl (C=O) groups excluding carboxylic acids is 1. The Bertz CT molecular complexity index is 750. The summed E-state index contributed by atoms with van der Waals surface area (Å²) in [5.74, 6) is -0.523. The second kappa shape index (κ2) is 6.74. The number of benzene rings is 1. The van der Waals surface area contributed by atoms with Crippen LogP contribution in [0.5, 0.6) is 0 Å². The van der Waals surface area contributed by atoms with Crippen molar-refractivity contribution in [1.29, 1.82) is 0 Å². The molecule has 8 heteroatoms. The molecule has 0 saturated carbocycles. The highest BCUT2D eigenvalue weighted by Crippen LogP contribution is 2.38. The molecule has 2 N–H and O–H groups in total. The third-order valence-electron chi connectivity index (χ3n) is 3.07. The summed E-state index contributed by atoms with van der Waals surface area (Å²) in [4.78, 5) is 27.9. The summed E-state index contributed by atoms with van der Waals surface area (Å²) >= 11 is 1.17. The van der Waals surface area contributed by atoms with E-state index < -0.39 is 22.0 Å². The molecule has 0 amide bonds. The van der Waals surface area contributed by atoms with Crippen LogP contribution < -0.4 is 5.73 Å². The molecule has 1 aliphatic heterocycles. The van der Waals surface area contributed by atoms with Gasteiger partial charge in [-0.3, -0.25) is 15.1 Å². The lowest BCUT2D eigenvalue weighted by atomic mass is 10.1. The third-order valence-corrected chi connectivity index (χ3v) is 4.09. The lowest BCUT2D eigenvalue weighted by molar-refractivity contribution is -0.384. The molecule has 1 aromatic rings. The lowest BCUT2D eigenvalue weighted by Gasteiger charge is -2.25. The summed E-state index contributed by atoms with van der Waals surface area (Å²) in [6.45, 7) is 6.99. The molecule has 1 unspecified atom stereocenters. The molecule has 0 aliphatic carbocycles. The number of aliphatic imine (C=N–C) groups is 1. The molecule has 1 aliphatic rings. The van der Waals surface area contributed by atoms with Gasteiger partial charge in [0.05, 0.1) is 16.2 Å². The molecule has 2 rings (SSSR count). The number of thioether (sulfide) groups is 1. The van der Waals surface area contributed by atoms with Crippen molar-refractivity contribution in [2.75, 3.05) is 0 Å². The summed E-state index contributed by atoms with van der Waals surface area (Å²) < 4.78 is 5.45. The average molecular weight is 349 g/mol. The van der Waals surface area contributed by atoms with Gasteiger partial charge in [0.25, 0.3) is 5.69 Å². The maximum absolute atomic E-state index is 12.6. The first kappa shape index (κ1) is 18.2. The van der Waals surface area contributed by atoms with E-state index in [1.807, 2.05) is 0 Å². The zero-order chi connectivity index (χ0) is 18.1. The van der Waals surface area contributed by atoms with Gasteiger partial charge in [-0.05, 0) is 33.3 Å². The molecule has 0 aromatic heterocycles. The van der Waals surface area contributed by atoms with Gasteiger partial charge < -0.3 is 10.5 Å². The van der Waals surface area contributed by atoms with Crippen LogP contribution in [0.25, 0.3) is 4.91 Å². The third kappa shape index (κ3) is 4.21. The molecule has 7 nitrogen and oxygen atoms in total. The fourth-order valence-electron chi connectivity index (χ4n) is 2.17.